The molecular weight excluding hydrogens is 220 g/mol. The Hall–Kier alpha value is -1.40. The molecule has 1 aliphatic rings. The number of hydrazine groups is 1. The summed E-state index contributed by atoms with van der Waals surface area (Å²) >= 11 is 0. The van der Waals surface area contributed by atoms with Gasteiger partial charge in [0.15, 0.2) is 0 Å². The van der Waals surface area contributed by atoms with Gasteiger partial charge in [0.1, 0.15) is 11.6 Å². The molecule has 0 atom stereocenters. The van der Waals surface area contributed by atoms with Gasteiger partial charge in [0.05, 0.1) is 13.2 Å². The van der Waals surface area contributed by atoms with E-state index in [0.717, 1.165) is 13.1 Å². The lowest BCUT2D eigenvalue weighted by Crippen LogP contribution is -2.40. The number of morpholine rings is 1. The van der Waals surface area contributed by atoms with Gasteiger partial charge in [-0.3, -0.25) is 4.79 Å². The van der Waals surface area contributed by atoms with Crippen LogP contribution in [-0.4, -0.2) is 41.3 Å². The molecule has 0 aliphatic carbocycles. The van der Waals surface area contributed by atoms with Gasteiger partial charge in [-0.05, 0) is 0 Å². The third kappa shape index (κ3) is 3.28. The Bertz CT molecular complexity index is 424. The Labute approximate surface area is 100.0 Å². The highest BCUT2D eigenvalue weighted by atomic mass is 16.5. The first-order valence-corrected chi connectivity index (χ1v) is 5.86. The van der Waals surface area contributed by atoms with Crippen molar-refractivity contribution in [1.82, 2.24) is 15.0 Å². The molecule has 0 bridgehead atoms. The molecule has 1 saturated heterocycles. The second-order valence-corrected chi connectivity index (χ2v) is 4.38. The minimum Gasteiger partial charge on any atom is -0.379 e. The highest BCUT2D eigenvalue weighted by molar-refractivity contribution is 5.32. The highest BCUT2D eigenvalue weighted by Gasteiger charge is 2.12. The number of aromatic nitrogens is 2. The maximum Gasteiger partial charge on any atom is 0.253 e. The van der Waals surface area contributed by atoms with E-state index in [0.29, 0.717) is 24.9 Å². The molecule has 17 heavy (non-hydrogen) atoms. The van der Waals surface area contributed by atoms with Gasteiger partial charge in [-0.25, -0.2) is 9.99 Å². The van der Waals surface area contributed by atoms with Crippen LogP contribution in [-0.2, 0) is 4.74 Å². The normalized spacial score (nSPS) is 17.4. The molecule has 1 fully saturated rings. The molecule has 1 aliphatic heterocycles. The van der Waals surface area contributed by atoms with E-state index in [9.17, 15) is 4.79 Å². The smallest absolute Gasteiger partial charge is 0.253 e. The van der Waals surface area contributed by atoms with Crippen molar-refractivity contribution in [3.05, 3.63) is 22.2 Å². The van der Waals surface area contributed by atoms with Crippen molar-refractivity contribution >= 4 is 5.82 Å². The molecule has 2 N–H and O–H groups in total. The summed E-state index contributed by atoms with van der Waals surface area (Å²) in [4.78, 5) is 18.6. The van der Waals surface area contributed by atoms with E-state index in [1.165, 1.54) is 6.07 Å². The van der Waals surface area contributed by atoms with Crippen molar-refractivity contribution in [2.24, 2.45) is 0 Å². The van der Waals surface area contributed by atoms with E-state index in [-0.39, 0.29) is 11.5 Å². The molecule has 0 spiro atoms. The third-order valence-corrected chi connectivity index (χ3v) is 2.59. The number of H-pyrrole nitrogens is 1. The Morgan fingerprint density at radius 3 is 2.82 bits per heavy atom. The van der Waals surface area contributed by atoms with Crippen LogP contribution in [0.3, 0.4) is 0 Å². The number of anilines is 1. The van der Waals surface area contributed by atoms with Crippen LogP contribution >= 0.6 is 0 Å². The van der Waals surface area contributed by atoms with Gasteiger partial charge in [0, 0.05) is 25.1 Å². The van der Waals surface area contributed by atoms with Gasteiger partial charge in [-0.2, -0.15) is 0 Å². The summed E-state index contributed by atoms with van der Waals surface area (Å²) in [7, 11) is 0. The van der Waals surface area contributed by atoms with Crippen molar-refractivity contribution in [3.8, 4) is 0 Å². The van der Waals surface area contributed by atoms with Crippen LogP contribution in [0, 0.1) is 0 Å². The van der Waals surface area contributed by atoms with E-state index in [4.69, 9.17) is 4.74 Å². The number of nitrogens with one attached hydrogen (secondary N) is 2. The summed E-state index contributed by atoms with van der Waals surface area (Å²) in [6.07, 6.45) is 0. The summed E-state index contributed by atoms with van der Waals surface area (Å²) in [6.45, 7) is 6.99. The van der Waals surface area contributed by atoms with Gasteiger partial charge >= 0.3 is 0 Å². The second-order valence-electron chi connectivity index (χ2n) is 4.38. The Kier molecular flexibility index (Phi) is 3.75. The molecule has 0 aromatic carbocycles. The fourth-order valence-electron chi connectivity index (χ4n) is 1.64. The topological polar surface area (TPSA) is 70.2 Å². The maximum absolute atomic E-state index is 11.5. The molecule has 2 heterocycles. The molecule has 6 heteroatoms. The molecule has 0 amide bonds. The summed E-state index contributed by atoms with van der Waals surface area (Å²) in [5, 5.41) is 2.01. The fraction of sp³-hybridized carbons (Fsp3) is 0.636. The lowest BCUT2D eigenvalue weighted by atomic mass is 10.2. The SMILES string of the molecule is CC(C)c1nc(NN2CCOCC2)cc(=O)[nH]1. The van der Waals surface area contributed by atoms with E-state index in [2.05, 4.69) is 15.4 Å². The zero-order valence-electron chi connectivity index (χ0n) is 10.2. The largest absolute Gasteiger partial charge is 0.379 e. The van der Waals surface area contributed by atoms with Crippen LogP contribution < -0.4 is 11.0 Å². The Balaban J connectivity index is 2.11. The predicted octanol–water partition coefficient (Wildman–Crippen LogP) is 0.552. The second kappa shape index (κ2) is 5.29. The van der Waals surface area contributed by atoms with E-state index >= 15 is 0 Å². The lowest BCUT2D eigenvalue weighted by Gasteiger charge is -2.27. The summed E-state index contributed by atoms with van der Waals surface area (Å²) in [6, 6.07) is 1.47. The predicted molar refractivity (Wildman–Crippen MR) is 65.0 cm³/mol. The van der Waals surface area contributed by atoms with Crippen molar-refractivity contribution in [2.45, 2.75) is 19.8 Å². The van der Waals surface area contributed by atoms with Crippen molar-refractivity contribution in [2.75, 3.05) is 31.7 Å². The zero-order valence-corrected chi connectivity index (χ0v) is 10.2. The summed E-state index contributed by atoms with van der Waals surface area (Å²) < 4.78 is 5.25. The summed E-state index contributed by atoms with van der Waals surface area (Å²) in [5.41, 5.74) is 3.01. The molecule has 1 aromatic rings. The monoisotopic (exact) mass is 238 g/mol. The number of aromatic amines is 1. The van der Waals surface area contributed by atoms with Gasteiger partial charge in [-0.1, -0.05) is 13.8 Å². The van der Waals surface area contributed by atoms with Gasteiger partial charge in [0.25, 0.3) is 5.56 Å². The zero-order chi connectivity index (χ0) is 12.3. The van der Waals surface area contributed by atoms with E-state index in [1.807, 2.05) is 18.9 Å². The summed E-state index contributed by atoms with van der Waals surface area (Å²) in [5.74, 6) is 1.50. The lowest BCUT2D eigenvalue weighted by molar-refractivity contribution is 0.0494. The standard InChI is InChI=1S/C11H18N4O2/c1-8(2)11-12-9(7-10(16)13-11)14-15-3-5-17-6-4-15/h7-8H,3-6H2,1-2H3,(H2,12,13,14,16). The molecule has 94 valence electrons. The van der Waals surface area contributed by atoms with Crippen LogP contribution in [0.5, 0.6) is 0 Å². The molecule has 0 saturated carbocycles. The number of rotatable bonds is 3. The van der Waals surface area contributed by atoms with Crippen LogP contribution in [0.1, 0.15) is 25.6 Å². The minimum atomic E-state index is -0.126. The third-order valence-electron chi connectivity index (χ3n) is 2.59. The molecular formula is C11H18N4O2. The molecule has 0 radical (unpaired) electrons. The van der Waals surface area contributed by atoms with E-state index < -0.39 is 0 Å². The van der Waals surface area contributed by atoms with Crippen molar-refractivity contribution in [1.29, 1.82) is 0 Å². The number of hydrogen-bond donors (Lipinski definition) is 2. The first-order valence-electron chi connectivity index (χ1n) is 5.86. The van der Waals surface area contributed by atoms with Crippen LogP contribution in [0.2, 0.25) is 0 Å². The highest BCUT2D eigenvalue weighted by Crippen LogP contribution is 2.10. The molecule has 2 rings (SSSR count). The average Bonchev–Trinajstić information content (AvgIpc) is 2.29. The average molecular weight is 238 g/mol. The maximum atomic E-state index is 11.5. The quantitative estimate of drug-likeness (QED) is 0.805. The Morgan fingerprint density at radius 2 is 2.18 bits per heavy atom. The van der Waals surface area contributed by atoms with Gasteiger partial charge in [-0.15, -0.1) is 0 Å². The first kappa shape index (κ1) is 12.1. The van der Waals surface area contributed by atoms with Crippen LogP contribution in [0.15, 0.2) is 10.9 Å². The Morgan fingerprint density at radius 1 is 1.47 bits per heavy atom. The molecule has 0 unspecified atom stereocenters. The molecule has 6 nitrogen and oxygen atoms in total. The molecule has 1 aromatic heterocycles. The van der Waals surface area contributed by atoms with Gasteiger partial charge < -0.3 is 15.1 Å². The van der Waals surface area contributed by atoms with Crippen LogP contribution in [0.25, 0.3) is 0 Å². The van der Waals surface area contributed by atoms with Crippen LogP contribution in [0.4, 0.5) is 5.82 Å². The van der Waals surface area contributed by atoms with Crippen molar-refractivity contribution in [3.63, 3.8) is 0 Å². The fourth-order valence-corrected chi connectivity index (χ4v) is 1.64. The number of ether oxygens (including phenoxy) is 1. The number of hydrogen-bond acceptors (Lipinski definition) is 5. The number of nitrogens with zero attached hydrogens (tertiary/aromatic N) is 2. The van der Waals surface area contributed by atoms with Gasteiger partial charge in [0.2, 0.25) is 0 Å². The minimum absolute atomic E-state index is 0.126. The van der Waals surface area contributed by atoms with E-state index in [1.54, 1.807) is 0 Å². The van der Waals surface area contributed by atoms with Crippen molar-refractivity contribution < 1.29 is 4.74 Å². The first-order chi connectivity index (χ1) is 8.15.